The summed E-state index contributed by atoms with van der Waals surface area (Å²) in [6.07, 6.45) is 1.81. The van der Waals surface area contributed by atoms with Crippen molar-refractivity contribution < 1.29 is 14.3 Å². The Kier molecular flexibility index (Phi) is 6.81. The molecule has 0 aliphatic carbocycles. The summed E-state index contributed by atoms with van der Waals surface area (Å²) >= 11 is 11.9. The van der Waals surface area contributed by atoms with Crippen molar-refractivity contribution in [2.45, 2.75) is 25.3 Å². The third-order valence-corrected chi connectivity index (χ3v) is 5.62. The summed E-state index contributed by atoms with van der Waals surface area (Å²) in [5.41, 5.74) is 1.44. The Morgan fingerprint density at radius 1 is 1.07 bits per heavy atom. The topological polar surface area (TPSA) is 58.6 Å². The van der Waals surface area contributed by atoms with Crippen LogP contribution < -0.4 is 10.1 Å². The van der Waals surface area contributed by atoms with Crippen molar-refractivity contribution >= 4 is 35.0 Å². The fourth-order valence-electron chi connectivity index (χ4n) is 3.21. The van der Waals surface area contributed by atoms with Crippen molar-refractivity contribution in [3.63, 3.8) is 0 Å². The van der Waals surface area contributed by atoms with E-state index in [1.54, 1.807) is 25.3 Å². The van der Waals surface area contributed by atoms with Gasteiger partial charge in [-0.2, -0.15) is 0 Å². The number of likely N-dealkylation sites (tertiary alicyclic amines) is 1. The van der Waals surface area contributed by atoms with E-state index in [9.17, 15) is 9.59 Å². The summed E-state index contributed by atoms with van der Waals surface area (Å²) in [4.78, 5) is 26.8. The maximum atomic E-state index is 12.5. The van der Waals surface area contributed by atoms with Gasteiger partial charge < -0.3 is 15.0 Å². The SMILES string of the molecule is COc1ccc(CC(=O)N2CCC(NC(=O)c3ccc(Cl)c(Cl)c3)CC2)cc1. The maximum absolute atomic E-state index is 12.5. The number of piperidine rings is 1. The number of hydrogen-bond acceptors (Lipinski definition) is 3. The first-order valence-corrected chi connectivity index (χ1v) is 9.88. The van der Waals surface area contributed by atoms with Crippen LogP contribution in [0.4, 0.5) is 0 Å². The Bertz CT molecular complexity index is 847. The van der Waals surface area contributed by atoms with Gasteiger partial charge in [-0.25, -0.2) is 0 Å². The van der Waals surface area contributed by atoms with Gasteiger partial charge in [0.05, 0.1) is 23.6 Å². The number of carbonyl (C=O) groups excluding carboxylic acids is 2. The van der Waals surface area contributed by atoms with E-state index < -0.39 is 0 Å². The molecule has 0 aromatic heterocycles. The van der Waals surface area contributed by atoms with Crippen molar-refractivity contribution in [1.29, 1.82) is 0 Å². The molecule has 1 fully saturated rings. The standard InChI is InChI=1S/C21H22Cl2N2O3/c1-28-17-5-2-14(3-6-17)12-20(26)25-10-8-16(9-11-25)24-21(27)15-4-7-18(22)19(23)13-15/h2-7,13,16H,8-12H2,1H3,(H,24,27). The third kappa shape index (κ3) is 5.18. The average Bonchev–Trinajstić information content (AvgIpc) is 2.71. The summed E-state index contributed by atoms with van der Waals surface area (Å²) in [5.74, 6) is 0.690. The Morgan fingerprint density at radius 2 is 1.75 bits per heavy atom. The number of halogens is 2. The molecule has 0 unspecified atom stereocenters. The molecule has 1 saturated heterocycles. The number of rotatable bonds is 5. The number of carbonyl (C=O) groups is 2. The van der Waals surface area contributed by atoms with Gasteiger partial charge in [0.25, 0.3) is 5.91 Å². The molecule has 7 heteroatoms. The molecule has 0 radical (unpaired) electrons. The monoisotopic (exact) mass is 420 g/mol. The van der Waals surface area contributed by atoms with Crippen LogP contribution in [0.1, 0.15) is 28.8 Å². The molecule has 1 heterocycles. The average molecular weight is 421 g/mol. The molecular weight excluding hydrogens is 399 g/mol. The lowest BCUT2D eigenvalue weighted by Gasteiger charge is -2.32. The normalized spacial score (nSPS) is 14.6. The maximum Gasteiger partial charge on any atom is 0.251 e. The highest BCUT2D eigenvalue weighted by Gasteiger charge is 2.24. The van der Waals surface area contributed by atoms with Crippen LogP contribution in [0.5, 0.6) is 5.75 Å². The van der Waals surface area contributed by atoms with E-state index in [1.165, 1.54) is 0 Å². The summed E-state index contributed by atoms with van der Waals surface area (Å²) in [6.45, 7) is 1.25. The number of nitrogens with one attached hydrogen (secondary N) is 1. The number of ether oxygens (including phenoxy) is 1. The van der Waals surface area contributed by atoms with Gasteiger partial charge in [-0.1, -0.05) is 35.3 Å². The van der Waals surface area contributed by atoms with E-state index >= 15 is 0 Å². The second kappa shape index (κ2) is 9.30. The van der Waals surface area contributed by atoms with Gasteiger partial charge in [0.1, 0.15) is 5.75 Å². The van der Waals surface area contributed by atoms with Gasteiger partial charge in [0.2, 0.25) is 5.91 Å². The summed E-state index contributed by atoms with van der Waals surface area (Å²) in [7, 11) is 1.62. The minimum atomic E-state index is -0.179. The van der Waals surface area contributed by atoms with Crippen molar-refractivity contribution in [1.82, 2.24) is 10.2 Å². The molecule has 2 aromatic carbocycles. The highest BCUT2D eigenvalue weighted by atomic mass is 35.5. The van der Waals surface area contributed by atoms with Crippen molar-refractivity contribution in [3.8, 4) is 5.75 Å². The third-order valence-electron chi connectivity index (χ3n) is 4.88. The number of methoxy groups -OCH3 is 1. The van der Waals surface area contributed by atoms with Gasteiger partial charge >= 0.3 is 0 Å². The second-order valence-electron chi connectivity index (χ2n) is 6.78. The van der Waals surface area contributed by atoms with E-state index in [2.05, 4.69) is 5.32 Å². The van der Waals surface area contributed by atoms with E-state index in [0.29, 0.717) is 35.1 Å². The van der Waals surface area contributed by atoms with Crippen LogP contribution in [-0.4, -0.2) is 43.0 Å². The summed E-state index contributed by atoms with van der Waals surface area (Å²) in [5, 5.41) is 3.78. The van der Waals surface area contributed by atoms with Gasteiger partial charge in [-0.3, -0.25) is 9.59 Å². The fourth-order valence-corrected chi connectivity index (χ4v) is 3.51. The largest absolute Gasteiger partial charge is 0.497 e. The molecule has 5 nitrogen and oxygen atoms in total. The van der Waals surface area contributed by atoms with Crippen molar-refractivity contribution in [2.24, 2.45) is 0 Å². The second-order valence-corrected chi connectivity index (χ2v) is 7.60. The lowest BCUT2D eigenvalue weighted by molar-refractivity contribution is -0.131. The Morgan fingerprint density at radius 3 is 2.36 bits per heavy atom. The first-order chi connectivity index (χ1) is 13.5. The quantitative estimate of drug-likeness (QED) is 0.795. The van der Waals surface area contributed by atoms with E-state index in [4.69, 9.17) is 27.9 Å². The predicted octanol–water partition coefficient (Wildman–Crippen LogP) is 3.97. The first kappa shape index (κ1) is 20.5. The van der Waals surface area contributed by atoms with Crippen LogP contribution in [0, 0.1) is 0 Å². The molecule has 0 bridgehead atoms. The fraction of sp³-hybridized carbons (Fsp3) is 0.333. The molecule has 3 rings (SSSR count). The lowest BCUT2D eigenvalue weighted by Crippen LogP contribution is -2.47. The van der Waals surface area contributed by atoms with Gasteiger partial charge in [-0.15, -0.1) is 0 Å². The minimum absolute atomic E-state index is 0.0343. The Balaban J connectivity index is 1.48. The molecule has 1 N–H and O–H groups in total. The molecule has 148 valence electrons. The van der Waals surface area contributed by atoms with Crippen LogP contribution in [0.15, 0.2) is 42.5 Å². The number of amides is 2. The number of nitrogens with zero attached hydrogens (tertiary/aromatic N) is 1. The van der Waals surface area contributed by atoms with Crippen LogP contribution >= 0.6 is 23.2 Å². The van der Waals surface area contributed by atoms with Gasteiger partial charge in [0.15, 0.2) is 0 Å². The first-order valence-electron chi connectivity index (χ1n) is 9.13. The molecule has 2 amide bonds. The number of hydrogen-bond donors (Lipinski definition) is 1. The van der Waals surface area contributed by atoms with Crippen LogP contribution in [0.3, 0.4) is 0 Å². The lowest BCUT2D eigenvalue weighted by atomic mass is 10.0. The summed E-state index contributed by atoms with van der Waals surface area (Å²) < 4.78 is 5.13. The zero-order chi connectivity index (χ0) is 20.1. The van der Waals surface area contributed by atoms with E-state index in [-0.39, 0.29) is 17.9 Å². The molecule has 0 saturated carbocycles. The highest BCUT2D eigenvalue weighted by Crippen LogP contribution is 2.23. The minimum Gasteiger partial charge on any atom is -0.497 e. The molecule has 0 spiro atoms. The predicted molar refractivity (Wildman–Crippen MR) is 110 cm³/mol. The Hall–Kier alpha value is -2.24. The zero-order valence-electron chi connectivity index (χ0n) is 15.6. The van der Waals surface area contributed by atoms with Gasteiger partial charge in [-0.05, 0) is 48.7 Å². The smallest absolute Gasteiger partial charge is 0.251 e. The molecule has 1 aliphatic heterocycles. The van der Waals surface area contributed by atoms with Crippen LogP contribution in [-0.2, 0) is 11.2 Å². The van der Waals surface area contributed by atoms with Crippen LogP contribution in [0.25, 0.3) is 0 Å². The van der Waals surface area contributed by atoms with Crippen molar-refractivity contribution in [2.75, 3.05) is 20.2 Å². The van der Waals surface area contributed by atoms with E-state index in [0.717, 1.165) is 24.2 Å². The number of benzene rings is 2. The molecule has 1 aliphatic rings. The highest BCUT2D eigenvalue weighted by molar-refractivity contribution is 6.42. The molecule has 2 aromatic rings. The van der Waals surface area contributed by atoms with Gasteiger partial charge in [0, 0.05) is 24.7 Å². The van der Waals surface area contributed by atoms with E-state index in [1.807, 2.05) is 29.2 Å². The Labute approximate surface area is 174 Å². The molecule has 28 heavy (non-hydrogen) atoms. The zero-order valence-corrected chi connectivity index (χ0v) is 17.1. The van der Waals surface area contributed by atoms with Crippen LogP contribution in [0.2, 0.25) is 10.0 Å². The van der Waals surface area contributed by atoms with Crippen molar-refractivity contribution in [3.05, 3.63) is 63.6 Å². The summed E-state index contributed by atoms with van der Waals surface area (Å²) in [6, 6.07) is 12.4. The molecule has 0 atom stereocenters. The molecular formula is C21H22Cl2N2O3.